The molecule has 1 heterocycles. The molecule has 0 saturated heterocycles. The third-order valence-corrected chi connectivity index (χ3v) is 3.51. The van der Waals surface area contributed by atoms with Gasteiger partial charge in [0.1, 0.15) is 11.3 Å². The molecule has 12 heteroatoms. The highest BCUT2D eigenvalue weighted by molar-refractivity contribution is 6.09. The molecule has 0 N–H and O–H groups in total. The van der Waals surface area contributed by atoms with Crippen molar-refractivity contribution in [3.05, 3.63) is 35.4 Å². The summed E-state index contributed by atoms with van der Waals surface area (Å²) >= 11 is 0. The van der Waals surface area contributed by atoms with Crippen LogP contribution in [0.5, 0.6) is 23.5 Å². The number of benzene rings is 1. The van der Waals surface area contributed by atoms with Gasteiger partial charge in [-0.05, 0) is 13.0 Å². The van der Waals surface area contributed by atoms with Crippen molar-refractivity contribution in [1.29, 1.82) is 0 Å². The molecule has 1 aromatic heterocycles. The first-order chi connectivity index (χ1) is 14.2. The van der Waals surface area contributed by atoms with Crippen LogP contribution in [0.15, 0.2) is 29.4 Å². The predicted octanol–water partition coefficient (Wildman–Crippen LogP) is 3.38. The molecular weight excluding hydrogens is 411 g/mol. The molecule has 0 fully saturated rings. The zero-order valence-corrected chi connectivity index (χ0v) is 16.4. The Balaban J connectivity index is 2.45. The van der Waals surface area contributed by atoms with Gasteiger partial charge in [0.25, 0.3) is 0 Å². The van der Waals surface area contributed by atoms with Crippen molar-refractivity contribution in [1.82, 2.24) is 9.97 Å². The number of ether oxygens (including phenoxy) is 4. The monoisotopic (exact) mass is 429 g/mol. The van der Waals surface area contributed by atoms with Gasteiger partial charge in [0.05, 0.1) is 33.1 Å². The SMILES string of the molecule is COC(=O)c1c(Oc2nc(OC)cc(OC)n2)cccc1/C(C)=N\OCC(F)(F)F. The van der Waals surface area contributed by atoms with E-state index < -0.39 is 18.8 Å². The molecule has 0 aliphatic carbocycles. The number of carbonyl (C=O) groups is 1. The van der Waals surface area contributed by atoms with Crippen LogP contribution in [0.3, 0.4) is 0 Å². The molecule has 162 valence electrons. The number of oxime groups is 1. The highest BCUT2D eigenvalue weighted by atomic mass is 19.4. The maximum absolute atomic E-state index is 12.4. The molecule has 0 saturated carbocycles. The van der Waals surface area contributed by atoms with E-state index in [0.29, 0.717) is 0 Å². The van der Waals surface area contributed by atoms with Crippen molar-refractivity contribution in [2.45, 2.75) is 13.1 Å². The van der Waals surface area contributed by atoms with Gasteiger partial charge in [-0.15, -0.1) is 0 Å². The topological polar surface area (TPSA) is 101 Å². The Bertz CT molecular complexity index is 912. The van der Waals surface area contributed by atoms with E-state index in [9.17, 15) is 18.0 Å². The summed E-state index contributed by atoms with van der Waals surface area (Å²) in [5, 5.41) is 3.42. The minimum absolute atomic E-state index is 0.00533. The second kappa shape index (κ2) is 9.76. The number of nitrogens with zero attached hydrogens (tertiary/aromatic N) is 3. The molecular formula is C18H18F3N3O6. The molecule has 0 aliphatic heterocycles. The van der Waals surface area contributed by atoms with E-state index >= 15 is 0 Å². The number of methoxy groups -OCH3 is 3. The van der Waals surface area contributed by atoms with Gasteiger partial charge in [-0.1, -0.05) is 17.3 Å². The fourth-order valence-electron chi connectivity index (χ4n) is 2.22. The zero-order chi connectivity index (χ0) is 22.3. The average Bonchev–Trinajstić information content (AvgIpc) is 2.71. The summed E-state index contributed by atoms with van der Waals surface area (Å²) < 4.78 is 57.3. The maximum Gasteiger partial charge on any atom is 0.425 e. The second-order valence-electron chi connectivity index (χ2n) is 5.57. The molecule has 0 spiro atoms. The van der Waals surface area contributed by atoms with E-state index in [1.807, 2.05) is 0 Å². The maximum atomic E-state index is 12.4. The fourth-order valence-corrected chi connectivity index (χ4v) is 2.22. The first-order valence-corrected chi connectivity index (χ1v) is 8.28. The molecule has 0 bridgehead atoms. The van der Waals surface area contributed by atoms with Gasteiger partial charge in [0, 0.05) is 5.56 Å². The molecule has 30 heavy (non-hydrogen) atoms. The Morgan fingerprint density at radius 2 is 1.73 bits per heavy atom. The first kappa shape index (κ1) is 22.7. The van der Waals surface area contributed by atoms with Gasteiger partial charge in [0.15, 0.2) is 0 Å². The van der Waals surface area contributed by atoms with Crippen LogP contribution in [0.25, 0.3) is 0 Å². The third kappa shape index (κ3) is 5.96. The Hall–Kier alpha value is -3.57. The molecule has 0 unspecified atom stereocenters. The van der Waals surface area contributed by atoms with Crippen LogP contribution >= 0.6 is 0 Å². The average molecular weight is 429 g/mol. The van der Waals surface area contributed by atoms with Gasteiger partial charge in [0.2, 0.25) is 18.4 Å². The van der Waals surface area contributed by atoms with Gasteiger partial charge in [-0.2, -0.15) is 23.1 Å². The van der Waals surface area contributed by atoms with Crippen LogP contribution < -0.4 is 14.2 Å². The van der Waals surface area contributed by atoms with E-state index in [4.69, 9.17) is 18.9 Å². The summed E-state index contributed by atoms with van der Waals surface area (Å²) in [6, 6.07) is 5.59. The number of hydrogen-bond donors (Lipinski definition) is 0. The lowest BCUT2D eigenvalue weighted by Crippen LogP contribution is -2.16. The molecule has 0 amide bonds. The molecule has 2 aromatic rings. The number of carbonyl (C=O) groups excluding carboxylic acids is 1. The minimum Gasteiger partial charge on any atom is -0.481 e. The normalized spacial score (nSPS) is 11.6. The summed E-state index contributed by atoms with van der Waals surface area (Å²) in [4.78, 5) is 24.7. The fraction of sp³-hybridized carbons (Fsp3) is 0.333. The standard InChI is InChI=1S/C18H18F3N3O6/c1-10(24-29-9-18(19,20)21)11-6-5-7-12(15(11)16(25)28-4)30-17-22-13(26-2)8-14(23-17)27-3/h5-8H,9H2,1-4H3/b24-10-. The molecule has 0 radical (unpaired) electrons. The number of hydrogen-bond acceptors (Lipinski definition) is 9. The van der Waals surface area contributed by atoms with E-state index in [1.165, 1.54) is 45.4 Å². The molecule has 2 rings (SSSR count). The lowest BCUT2D eigenvalue weighted by molar-refractivity contribution is -0.173. The lowest BCUT2D eigenvalue weighted by atomic mass is 10.0. The summed E-state index contributed by atoms with van der Waals surface area (Å²) in [6.45, 7) is -0.210. The van der Waals surface area contributed by atoms with Crippen LogP contribution in [0.2, 0.25) is 0 Å². The van der Waals surface area contributed by atoms with E-state index in [1.54, 1.807) is 0 Å². The summed E-state index contributed by atoms with van der Waals surface area (Å²) in [5.41, 5.74) is 0.0212. The molecule has 0 aliphatic rings. The highest BCUT2D eigenvalue weighted by Gasteiger charge is 2.29. The van der Waals surface area contributed by atoms with E-state index in [2.05, 4.69) is 20.0 Å². The highest BCUT2D eigenvalue weighted by Crippen LogP contribution is 2.29. The van der Waals surface area contributed by atoms with E-state index in [0.717, 1.165) is 7.11 Å². The van der Waals surface area contributed by atoms with Crippen molar-refractivity contribution in [2.75, 3.05) is 27.9 Å². The molecule has 0 atom stereocenters. The Labute approximate surface area is 169 Å². The Kier molecular flexibility index (Phi) is 7.39. The van der Waals surface area contributed by atoms with Crippen LogP contribution in [0.4, 0.5) is 13.2 Å². The second-order valence-corrected chi connectivity index (χ2v) is 5.57. The van der Waals surface area contributed by atoms with E-state index in [-0.39, 0.29) is 40.4 Å². The van der Waals surface area contributed by atoms with Crippen LogP contribution in [-0.2, 0) is 9.57 Å². The van der Waals surface area contributed by atoms with Crippen molar-refractivity contribution in [3.8, 4) is 23.5 Å². The lowest BCUT2D eigenvalue weighted by Gasteiger charge is -2.14. The largest absolute Gasteiger partial charge is 0.481 e. The predicted molar refractivity (Wildman–Crippen MR) is 97.2 cm³/mol. The first-order valence-electron chi connectivity index (χ1n) is 8.28. The Morgan fingerprint density at radius 1 is 1.10 bits per heavy atom. The minimum atomic E-state index is -4.55. The van der Waals surface area contributed by atoms with Crippen LogP contribution in [-0.4, -0.2) is 55.8 Å². The number of alkyl halides is 3. The summed E-state index contributed by atoms with van der Waals surface area (Å²) in [7, 11) is 3.90. The number of aromatic nitrogens is 2. The molecule has 1 aromatic carbocycles. The van der Waals surface area contributed by atoms with Crippen molar-refractivity contribution < 1.29 is 41.8 Å². The van der Waals surface area contributed by atoms with Crippen LogP contribution in [0.1, 0.15) is 22.8 Å². The summed E-state index contributed by atoms with van der Waals surface area (Å²) in [6.07, 6.45) is -4.55. The number of esters is 1. The summed E-state index contributed by atoms with van der Waals surface area (Å²) in [5.74, 6) is -0.558. The van der Waals surface area contributed by atoms with Crippen molar-refractivity contribution >= 4 is 11.7 Å². The number of halogens is 3. The van der Waals surface area contributed by atoms with Gasteiger partial charge in [-0.25, -0.2) is 4.79 Å². The van der Waals surface area contributed by atoms with Crippen LogP contribution in [0, 0.1) is 0 Å². The Morgan fingerprint density at radius 3 is 2.27 bits per heavy atom. The molecule has 9 nitrogen and oxygen atoms in total. The number of rotatable bonds is 8. The van der Waals surface area contributed by atoms with Gasteiger partial charge < -0.3 is 23.8 Å². The quantitative estimate of drug-likeness (QED) is 0.358. The van der Waals surface area contributed by atoms with Gasteiger partial charge >= 0.3 is 18.2 Å². The van der Waals surface area contributed by atoms with Crippen molar-refractivity contribution in [2.24, 2.45) is 5.16 Å². The van der Waals surface area contributed by atoms with Crippen molar-refractivity contribution in [3.63, 3.8) is 0 Å². The third-order valence-electron chi connectivity index (χ3n) is 3.51. The van der Waals surface area contributed by atoms with Gasteiger partial charge in [-0.3, -0.25) is 0 Å². The smallest absolute Gasteiger partial charge is 0.425 e. The zero-order valence-electron chi connectivity index (χ0n) is 16.4.